The molecule has 0 amide bonds. The number of hydrogen-bond acceptors (Lipinski definition) is 5. The van der Waals surface area contributed by atoms with Crippen LogP contribution in [-0.4, -0.2) is 10.0 Å². The monoisotopic (exact) mass is 235 g/mol. The molecule has 0 atom stereocenters. The van der Waals surface area contributed by atoms with Crippen molar-refractivity contribution < 1.29 is 4.92 Å². The summed E-state index contributed by atoms with van der Waals surface area (Å²) in [4.78, 5) is 10.1. The van der Waals surface area contributed by atoms with E-state index in [9.17, 15) is 10.1 Å². The Morgan fingerprint density at radius 1 is 1.31 bits per heavy atom. The van der Waals surface area contributed by atoms with E-state index in [1.807, 2.05) is 0 Å². The van der Waals surface area contributed by atoms with Crippen molar-refractivity contribution in [1.29, 1.82) is 0 Å². The Morgan fingerprint density at radius 2 is 2.00 bits per heavy atom. The van der Waals surface area contributed by atoms with E-state index in [0.29, 0.717) is 5.56 Å². The van der Waals surface area contributed by atoms with E-state index >= 15 is 0 Å². The molecular formula is C8H5N5O2S. The van der Waals surface area contributed by atoms with Crippen LogP contribution in [0.1, 0.15) is 11.7 Å². The summed E-state index contributed by atoms with van der Waals surface area (Å²) in [7, 11) is 0. The Hall–Kier alpha value is -2.09. The highest BCUT2D eigenvalue weighted by Crippen LogP contribution is 2.25. The Kier molecular flexibility index (Phi) is 2.73. The van der Waals surface area contributed by atoms with Crippen LogP contribution in [0, 0.1) is 10.1 Å². The van der Waals surface area contributed by atoms with Crippen molar-refractivity contribution in [2.75, 3.05) is 0 Å². The lowest BCUT2D eigenvalue weighted by Crippen LogP contribution is -1.98. The number of nitrogens with zero attached hydrogens (tertiary/aromatic N) is 5. The second-order valence-corrected chi connectivity index (χ2v) is 3.30. The second kappa shape index (κ2) is 4.19. The van der Waals surface area contributed by atoms with Crippen molar-refractivity contribution in [1.82, 2.24) is 0 Å². The molecule has 0 spiro atoms. The SMILES string of the molecule is O=[N+]([O-])c1cccc(C2N=NC(=S)N=N2)c1. The highest BCUT2D eigenvalue weighted by molar-refractivity contribution is 7.80. The number of nitro benzene ring substituents is 1. The zero-order chi connectivity index (χ0) is 11.5. The van der Waals surface area contributed by atoms with Gasteiger partial charge in [0.05, 0.1) is 4.92 Å². The van der Waals surface area contributed by atoms with Gasteiger partial charge in [-0.15, -0.1) is 10.2 Å². The summed E-state index contributed by atoms with van der Waals surface area (Å²) in [5.74, 6) is 0. The van der Waals surface area contributed by atoms with Crippen LogP contribution in [0.4, 0.5) is 5.69 Å². The summed E-state index contributed by atoms with van der Waals surface area (Å²) in [6.45, 7) is 0. The van der Waals surface area contributed by atoms with Gasteiger partial charge >= 0.3 is 0 Å². The Bertz CT molecular complexity index is 497. The van der Waals surface area contributed by atoms with Gasteiger partial charge < -0.3 is 0 Å². The molecule has 0 saturated heterocycles. The third kappa shape index (κ3) is 2.11. The number of hydrogen-bond donors (Lipinski definition) is 0. The Labute approximate surface area is 95.1 Å². The first-order valence-electron chi connectivity index (χ1n) is 4.27. The first-order valence-corrected chi connectivity index (χ1v) is 4.67. The van der Waals surface area contributed by atoms with E-state index in [4.69, 9.17) is 0 Å². The summed E-state index contributed by atoms with van der Waals surface area (Å²) in [6.07, 6.45) is -0.647. The largest absolute Gasteiger partial charge is 0.269 e. The summed E-state index contributed by atoms with van der Waals surface area (Å²) in [6, 6.07) is 6.01. The lowest BCUT2D eigenvalue weighted by molar-refractivity contribution is -0.384. The summed E-state index contributed by atoms with van der Waals surface area (Å²) < 4.78 is 0. The van der Waals surface area contributed by atoms with Crippen LogP contribution in [0.15, 0.2) is 44.7 Å². The number of nitro groups is 1. The van der Waals surface area contributed by atoms with Crippen LogP contribution in [-0.2, 0) is 0 Å². The van der Waals surface area contributed by atoms with Crippen LogP contribution in [0.2, 0.25) is 0 Å². The highest BCUT2D eigenvalue weighted by Gasteiger charge is 2.16. The molecule has 0 aliphatic carbocycles. The minimum atomic E-state index is -0.647. The highest BCUT2D eigenvalue weighted by atomic mass is 32.1. The van der Waals surface area contributed by atoms with Gasteiger partial charge in [-0.1, -0.05) is 12.1 Å². The second-order valence-electron chi connectivity index (χ2n) is 2.94. The standard InChI is InChI=1S/C8H5N5O2S/c14-13(15)6-3-1-2-5(4-6)7-9-11-8(16)12-10-7/h1-4,7H. The Balaban J connectivity index is 2.31. The summed E-state index contributed by atoms with van der Waals surface area (Å²) in [5, 5.41) is 25.4. The van der Waals surface area contributed by atoms with E-state index in [1.165, 1.54) is 12.1 Å². The molecule has 80 valence electrons. The maximum absolute atomic E-state index is 10.6. The van der Waals surface area contributed by atoms with Gasteiger partial charge in [0.1, 0.15) is 0 Å². The molecule has 0 aromatic heterocycles. The molecule has 1 aromatic carbocycles. The van der Waals surface area contributed by atoms with E-state index in [0.717, 1.165) is 0 Å². The van der Waals surface area contributed by atoms with Crippen molar-refractivity contribution in [2.45, 2.75) is 6.17 Å². The minimum Gasteiger partial charge on any atom is -0.258 e. The van der Waals surface area contributed by atoms with Gasteiger partial charge in [0, 0.05) is 17.7 Å². The molecule has 1 aliphatic rings. The van der Waals surface area contributed by atoms with Crippen LogP contribution in [0.5, 0.6) is 0 Å². The molecule has 1 heterocycles. The summed E-state index contributed by atoms with van der Waals surface area (Å²) in [5.41, 5.74) is 0.542. The van der Waals surface area contributed by atoms with E-state index in [1.54, 1.807) is 12.1 Å². The van der Waals surface area contributed by atoms with Crippen LogP contribution in [0.25, 0.3) is 0 Å². The number of benzene rings is 1. The van der Waals surface area contributed by atoms with Gasteiger partial charge in [0.15, 0.2) is 0 Å². The molecule has 7 nitrogen and oxygen atoms in total. The molecule has 0 N–H and O–H groups in total. The summed E-state index contributed by atoms with van der Waals surface area (Å²) >= 11 is 4.65. The molecule has 2 rings (SSSR count). The van der Waals surface area contributed by atoms with E-state index in [2.05, 4.69) is 32.7 Å². The zero-order valence-corrected chi connectivity index (χ0v) is 8.66. The first-order chi connectivity index (χ1) is 7.66. The number of thiocarbonyl (C=S) groups is 1. The van der Waals surface area contributed by atoms with Crippen molar-refractivity contribution in [2.24, 2.45) is 20.5 Å². The average Bonchev–Trinajstić information content (AvgIpc) is 2.30. The third-order valence-electron chi connectivity index (χ3n) is 1.88. The lowest BCUT2D eigenvalue weighted by Gasteiger charge is -2.07. The predicted molar refractivity (Wildman–Crippen MR) is 58.1 cm³/mol. The maximum Gasteiger partial charge on any atom is 0.269 e. The number of non-ortho nitro benzene ring substituents is 1. The van der Waals surface area contributed by atoms with Crippen LogP contribution >= 0.6 is 12.2 Å². The van der Waals surface area contributed by atoms with Crippen molar-refractivity contribution in [3.63, 3.8) is 0 Å². The lowest BCUT2D eigenvalue weighted by atomic mass is 10.1. The fourth-order valence-electron chi connectivity index (χ4n) is 1.18. The smallest absolute Gasteiger partial charge is 0.258 e. The number of rotatable bonds is 2. The Morgan fingerprint density at radius 3 is 2.62 bits per heavy atom. The molecule has 1 aliphatic heterocycles. The molecule has 0 unspecified atom stereocenters. The van der Waals surface area contributed by atoms with Crippen molar-refractivity contribution >= 4 is 23.0 Å². The van der Waals surface area contributed by atoms with Gasteiger partial charge in [0.2, 0.25) is 6.17 Å². The van der Waals surface area contributed by atoms with Crippen LogP contribution in [0.3, 0.4) is 0 Å². The quantitative estimate of drug-likeness (QED) is 0.448. The van der Waals surface area contributed by atoms with Gasteiger partial charge in [-0.25, -0.2) is 0 Å². The van der Waals surface area contributed by atoms with Gasteiger partial charge in [-0.2, -0.15) is 10.2 Å². The molecule has 0 radical (unpaired) electrons. The van der Waals surface area contributed by atoms with E-state index in [-0.39, 0.29) is 10.8 Å². The molecule has 0 fully saturated rings. The fourth-order valence-corrected chi connectivity index (χ4v) is 1.28. The molecule has 1 aromatic rings. The predicted octanol–water partition coefficient (Wildman–Crippen LogP) is 2.80. The van der Waals surface area contributed by atoms with Gasteiger partial charge in [0.25, 0.3) is 10.8 Å². The van der Waals surface area contributed by atoms with Crippen molar-refractivity contribution in [3.05, 3.63) is 39.9 Å². The van der Waals surface area contributed by atoms with Crippen LogP contribution < -0.4 is 0 Å². The fraction of sp³-hybridized carbons (Fsp3) is 0.125. The molecule has 16 heavy (non-hydrogen) atoms. The average molecular weight is 235 g/mol. The molecular weight excluding hydrogens is 230 g/mol. The van der Waals surface area contributed by atoms with E-state index < -0.39 is 11.1 Å². The van der Waals surface area contributed by atoms with Gasteiger partial charge in [-0.3, -0.25) is 10.1 Å². The number of azo groups is 2. The molecule has 0 bridgehead atoms. The minimum absolute atomic E-state index is 0.0175. The maximum atomic E-state index is 10.6. The molecule has 8 heteroatoms. The topological polar surface area (TPSA) is 92.6 Å². The van der Waals surface area contributed by atoms with Gasteiger partial charge in [-0.05, 0) is 12.2 Å². The first kappa shape index (κ1) is 10.4. The van der Waals surface area contributed by atoms with Crippen molar-refractivity contribution in [3.8, 4) is 0 Å². The molecule has 0 saturated carbocycles. The normalized spacial score (nSPS) is 15.4. The zero-order valence-electron chi connectivity index (χ0n) is 7.85. The third-order valence-corrected chi connectivity index (χ3v) is 2.05.